The molecule has 0 saturated carbocycles. The minimum atomic E-state index is -1.08. The summed E-state index contributed by atoms with van der Waals surface area (Å²) in [7, 11) is 0. The van der Waals surface area contributed by atoms with Gasteiger partial charge < -0.3 is 15.2 Å². The smallest absolute Gasteiger partial charge is 0.407 e. The van der Waals surface area contributed by atoms with Crippen LogP contribution in [0.15, 0.2) is 48.5 Å². The highest BCUT2D eigenvalue weighted by molar-refractivity contribution is 7.99. The van der Waals surface area contributed by atoms with Gasteiger partial charge in [-0.05, 0) is 34.4 Å². The number of thioether (sulfide) groups is 1. The highest BCUT2D eigenvalue weighted by Crippen LogP contribution is 2.44. The number of alkyl carbamates (subject to hydrolysis) is 1. The van der Waals surface area contributed by atoms with Crippen molar-refractivity contribution in [3.05, 3.63) is 59.7 Å². The summed E-state index contributed by atoms with van der Waals surface area (Å²) in [6, 6.07) is 15.1. The van der Waals surface area contributed by atoms with Crippen LogP contribution in [0.2, 0.25) is 0 Å². The molecule has 150 valence electrons. The van der Waals surface area contributed by atoms with Gasteiger partial charge in [-0.2, -0.15) is 11.8 Å². The fourth-order valence-electron chi connectivity index (χ4n) is 3.43. The average molecular weight is 410 g/mol. The first-order valence-corrected chi connectivity index (χ1v) is 10.6. The van der Waals surface area contributed by atoms with Crippen LogP contribution in [0.25, 0.3) is 11.1 Å². The first-order chi connectivity index (χ1) is 14.1. The van der Waals surface area contributed by atoms with Crippen molar-refractivity contribution in [3.8, 4) is 23.5 Å². The Morgan fingerprint density at radius 1 is 1.14 bits per heavy atom. The number of fused-ring (bicyclic) bond motifs is 3. The molecule has 3 rings (SSSR count). The molecule has 0 bridgehead atoms. The minimum absolute atomic E-state index is 0.0606. The summed E-state index contributed by atoms with van der Waals surface area (Å²) >= 11 is 1.45. The van der Waals surface area contributed by atoms with Gasteiger partial charge in [-0.15, -0.1) is 12.3 Å². The number of carboxylic acids is 1. The third kappa shape index (κ3) is 5.12. The summed E-state index contributed by atoms with van der Waals surface area (Å²) in [6.07, 6.45) is 5.96. The molecule has 0 radical (unpaired) electrons. The van der Waals surface area contributed by atoms with E-state index in [9.17, 15) is 14.7 Å². The monoisotopic (exact) mass is 409 g/mol. The van der Waals surface area contributed by atoms with Crippen LogP contribution in [0.4, 0.5) is 4.79 Å². The number of rotatable bonds is 9. The molecule has 1 aliphatic carbocycles. The Morgan fingerprint density at radius 3 is 2.34 bits per heavy atom. The molecule has 0 saturated heterocycles. The number of terminal acetylenes is 1. The van der Waals surface area contributed by atoms with Crippen molar-refractivity contribution in [2.45, 2.75) is 24.8 Å². The van der Waals surface area contributed by atoms with Gasteiger partial charge in [0.15, 0.2) is 0 Å². The van der Waals surface area contributed by atoms with E-state index in [1.807, 2.05) is 36.4 Å². The van der Waals surface area contributed by atoms with Crippen LogP contribution in [0, 0.1) is 12.3 Å². The molecule has 1 aliphatic rings. The van der Waals surface area contributed by atoms with E-state index in [1.54, 1.807) is 0 Å². The number of hydrogen-bond donors (Lipinski definition) is 2. The molecule has 0 fully saturated rings. The van der Waals surface area contributed by atoms with E-state index in [1.165, 1.54) is 11.8 Å². The van der Waals surface area contributed by atoms with E-state index < -0.39 is 18.1 Å². The molecule has 6 heteroatoms. The molecule has 0 spiro atoms. The lowest BCUT2D eigenvalue weighted by atomic mass is 9.98. The number of aliphatic carboxylic acids is 1. The van der Waals surface area contributed by atoms with Crippen LogP contribution in [-0.4, -0.2) is 41.3 Å². The topological polar surface area (TPSA) is 75.6 Å². The van der Waals surface area contributed by atoms with Gasteiger partial charge >= 0.3 is 12.1 Å². The highest BCUT2D eigenvalue weighted by Gasteiger charge is 2.29. The normalized spacial score (nSPS) is 13.1. The standard InChI is InChI=1S/C23H23NO4S/c1-2-3-8-13-29-15-21(22(25)26)24-23(27)28-14-20-18-11-6-4-9-16(18)17-10-5-7-12-19(17)20/h1,4-7,9-12,20-21H,3,8,13-15H2,(H,24,27)(H,25,26). The van der Waals surface area contributed by atoms with Crippen molar-refractivity contribution < 1.29 is 19.4 Å². The predicted molar refractivity (Wildman–Crippen MR) is 115 cm³/mol. The van der Waals surface area contributed by atoms with Gasteiger partial charge in [-0.25, -0.2) is 9.59 Å². The number of ether oxygens (including phenoxy) is 1. The first kappa shape index (κ1) is 20.8. The summed E-state index contributed by atoms with van der Waals surface area (Å²) in [4.78, 5) is 23.7. The summed E-state index contributed by atoms with van der Waals surface area (Å²) in [6.45, 7) is 0.154. The lowest BCUT2D eigenvalue weighted by Crippen LogP contribution is -2.43. The quantitative estimate of drug-likeness (QED) is 0.481. The van der Waals surface area contributed by atoms with Crippen molar-refractivity contribution in [3.63, 3.8) is 0 Å². The van der Waals surface area contributed by atoms with Gasteiger partial charge in [0.05, 0.1) is 0 Å². The van der Waals surface area contributed by atoms with Crippen molar-refractivity contribution in [1.29, 1.82) is 0 Å². The number of carbonyl (C=O) groups excluding carboxylic acids is 1. The molecule has 29 heavy (non-hydrogen) atoms. The van der Waals surface area contributed by atoms with E-state index in [0.717, 1.165) is 34.4 Å². The zero-order valence-electron chi connectivity index (χ0n) is 16.0. The first-order valence-electron chi connectivity index (χ1n) is 9.47. The van der Waals surface area contributed by atoms with Crippen LogP contribution >= 0.6 is 11.8 Å². The van der Waals surface area contributed by atoms with E-state index >= 15 is 0 Å². The third-order valence-corrected chi connectivity index (χ3v) is 5.97. The molecule has 1 unspecified atom stereocenters. The van der Waals surface area contributed by atoms with Gasteiger partial charge in [0, 0.05) is 18.1 Å². The molecule has 2 N–H and O–H groups in total. The molecule has 1 atom stereocenters. The van der Waals surface area contributed by atoms with Gasteiger partial charge in [0.25, 0.3) is 0 Å². The lowest BCUT2D eigenvalue weighted by Gasteiger charge is -2.17. The Bertz CT molecular complexity index is 876. The maximum absolute atomic E-state index is 12.2. The fraction of sp³-hybridized carbons (Fsp3) is 0.304. The Kier molecular flexibility index (Phi) is 7.20. The summed E-state index contributed by atoms with van der Waals surface area (Å²) in [5.74, 6) is 2.43. The minimum Gasteiger partial charge on any atom is -0.480 e. The van der Waals surface area contributed by atoms with Gasteiger partial charge in [0.1, 0.15) is 12.6 Å². The Hall–Kier alpha value is -2.91. The van der Waals surface area contributed by atoms with Gasteiger partial charge in [-0.3, -0.25) is 0 Å². The second-order valence-corrected chi connectivity index (χ2v) is 7.89. The molecular weight excluding hydrogens is 386 g/mol. The number of carbonyl (C=O) groups is 2. The lowest BCUT2D eigenvalue weighted by molar-refractivity contribution is -0.138. The second-order valence-electron chi connectivity index (χ2n) is 6.74. The molecule has 0 aromatic heterocycles. The summed E-state index contributed by atoms with van der Waals surface area (Å²) in [5, 5.41) is 11.8. The van der Waals surface area contributed by atoms with Crippen LogP contribution in [0.5, 0.6) is 0 Å². The van der Waals surface area contributed by atoms with Crippen LogP contribution in [-0.2, 0) is 9.53 Å². The Morgan fingerprint density at radius 2 is 1.76 bits per heavy atom. The SMILES string of the molecule is C#CCCCSCC(NC(=O)OCC1c2ccccc2-c2ccccc21)C(=O)O. The Balaban J connectivity index is 1.57. The molecule has 5 nitrogen and oxygen atoms in total. The zero-order valence-corrected chi connectivity index (χ0v) is 16.8. The van der Waals surface area contributed by atoms with Crippen molar-refractivity contribution in [1.82, 2.24) is 5.32 Å². The number of benzene rings is 2. The van der Waals surface area contributed by atoms with Gasteiger partial charge in [-0.1, -0.05) is 48.5 Å². The van der Waals surface area contributed by atoms with Gasteiger partial charge in [0.2, 0.25) is 0 Å². The summed E-state index contributed by atoms with van der Waals surface area (Å²) in [5.41, 5.74) is 4.51. The number of hydrogen-bond acceptors (Lipinski definition) is 4. The molecule has 0 heterocycles. The maximum Gasteiger partial charge on any atom is 0.407 e. The molecule has 2 aromatic rings. The van der Waals surface area contributed by atoms with E-state index in [2.05, 4.69) is 23.4 Å². The van der Waals surface area contributed by atoms with E-state index in [-0.39, 0.29) is 18.3 Å². The maximum atomic E-state index is 12.2. The van der Waals surface area contributed by atoms with Crippen molar-refractivity contribution in [2.75, 3.05) is 18.1 Å². The molecular formula is C23H23NO4S. The summed E-state index contributed by atoms with van der Waals surface area (Å²) < 4.78 is 5.42. The largest absolute Gasteiger partial charge is 0.480 e. The van der Waals surface area contributed by atoms with E-state index in [4.69, 9.17) is 11.2 Å². The fourth-order valence-corrected chi connectivity index (χ4v) is 4.41. The number of unbranched alkanes of at least 4 members (excludes halogenated alkanes) is 1. The van der Waals surface area contributed by atoms with Crippen molar-refractivity contribution >= 4 is 23.8 Å². The molecule has 2 aromatic carbocycles. The van der Waals surface area contributed by atoms with Crippen LogP contribution in [0.3, 0.4) is 0 Å². The Labute approximate surface area is 174 Å². The average Bonchev–Trinajstić information content (AvgIpc) is 3.05. The predicted octanol–water partition coefficient (Wildman–Crippen LogP) is 4.12. The highest BCUT2D eigenvalue weighted by atomic mass is 32.2. The molecule has 0 aliphatic heterocycles. The van der Waals surface area contributed by atoms with Crippen LogP contribution in [0.1, 0.15) is 29.9 Å². The number of carboxylic acid groups (broad SMARTS) is 1. The van der Waals surface area contributed by atoms with Crippen LogP contribution < -0.4 is 5.32 Å². The number of amides is 1. The molecule has 1 amide bonds. The van der Waals surface area contributed by atoms with E-state index in [0.29, 0.717) is 6.42 Å². The third-order valence-electron chi connectivity index (χ3n) is 4.83. The zero-order chi connectivity index (χ0) is 20.6. The van der Waals surface area contributed by atoms with Crippen molar-refractivity contribution in [2.24, 2.45) is 0 Å². The second kappa shape index (κ2) is 10.0. The number of nitrogens with one attached hydrogen (secondary N) is 1.